The number of nitrogens with two attached hydrogens (primary N) is 1. The average molecular weight is 348 g/mol. The van der Waals surface area contributed by atoms with Gasteiger partial charge in [-0.2, -0.15) is 0 Å². The molecular weight excluding hydrogens is 327 g/mol. The van der Waals surface area contributed by atoms with Crippen molar-refractivity contribution in [3.8, 4) is 11.1 Å². The highest BCUT2D eigenvalue weighted by molar-refractivity contribution is 5.93. The molecular formula is C22H21FN2O. The van der Waals surface area contributed by atoms with Crippen LogP contribution in [0.1, 0.15) is 27.0 Å². The molecule has 0 saturated heterocycles. The fourth-order valence-electron chi connectivity index (χ4n) is 2.94. The van der Waals surface area contributed by atoms with Gasteiger partial charge in [0.05, 0.1) is 0 Å². The number of hydrogen-bond donors (Lipinski definition) is 2. The van der Waals surface area contributed by atoms with Crippen molar-refractivity contribution in [1.82, 2.24) is 5.32 Å². The van der Waals surface area contributed by atoms with Gasteiger partial charge in [-0.25, -0.2) is 4.39 Å². The highest BCUT2D eigenvalue weighted by Crippen LogP contribution is 2.24. The van der Waals surface area contributed by atoms with Crippen molar-refractivity contribution in [3.05, 3.63) is 94.8 Å². The van der Waals surface area contributed by atoms with Gasteiger partial charge in [0.2, 0.25) is 5.91 Å². The Kier molecular flexibility index (Phi) is 5.44. The number of aryl methyl sites for hydroxylation is 1. The molecule has 3 nitrogen and oxygen atoms in total. The van der Waals surface area contributed by atoms with Crippen LogP contribution in [-0.2, 0) is 13.1 Å². The van der Waals surface area contributed by atoms with Crippen molar-refractivity contribution in [2.24, 2.45) is 5.73 Å². The minimum absolute atomic E-state index is 0.216. The summed E-state index contributed by atoms with van der Waals surface area (Å²) in [5.74, 6) is -0.634. The first-order valence-electron chi connectivity index (χ1n) is 8.48. The third kappa shape index (κ3) is 4.35. The lowest BCUT2D eigenvalue weighted by atomic mass is 9.97. The van der Waals surface area contributed by atoms with Crippen molar-refractivity contribution in [3.63, 3.8) is 0 Å². The molecule has 0 aliphatic rings. The molecule has 0 unspecified atom stereocenters. The number of amides is 1. The maximum atomic E-state index is 13.2. The number of nitrogens with one attached hydrogen (secondary N) is 1. The first-order chi connectivity index (χ1) is 12.5. The first kappa shape index (κ1) is 17.8. The zero-order chi connectivity index (χ0) is 18.5. The molecule has 0 saturated carbocycles. The summed E-state index contributed by atoms with van der Waals surface area (Å²) in [5, 5.41) is 3.32. The summed E-state index contributed by atoms with van der Waals surface area (Å²) in [5.41, 5.74) is 11.1. The Morgan fingerprint density at radius 2 is 1.69 bits per heavy atom. The third-order valence-electron chi connectivity index (χ3n) is 4.32. The summed E-state index contributed by atoms with van der Waals surface area (Å²) in [6, 6.07) is 20.3. The Hall–Kier alpha value is -2.98. The van der Waals surface area contributed by atoms with Gasteiger partial charge >= 0.3 is 0 Å². The molecule has 0 bridgehead atoms. The van der Waals surface area contributed by atoms with Crippen LogP contribution in [0.4, 0.5) is 4.39 Å². The SMILES string of the molecule is Cc1cc(C(N)=O)ccc1-c1ccc(CNCc2cccc(F)c2)cc1. The molecule has 0 fully saturated rings. The van der Waals surface area contributed by atoms with Gasteiger partial charge in [0.15, 0.2) is 0 Å². The van der Waals surface area contributed by atoms with Crippen LogP contribution in [0.15, 0.2) is 66.7 Å². The maximum absolute atomic E-state index is 13.2. The fourth-order valence-corrected chi connectivity index (χ4v) is 2.94. The third-order valence-corrected chi connectivity index (χ3v) is 4.32. The lowest BCUT2D eigenvalue weighted by Gasteiger charge is -2.09. The summed E-state index contributed by atoms with van der Waals surface area (Å²) in [4.78, 5) is 11.3. The minimum atomic E-state index is -0.417. The predicted molar refractivity (Wildman–Crippen MR) is 102 cm³/mol. The van der Waals surface area contributed by atoms with Crippen LogP contribution in [0, 0.1) is 12.7 Å². The lowest BCUT2D eigenvalue weighted by Crippen LogP contribution is -2.12. The molecule has 1 amide bonds. The van der Waals surface area contributed by atoms with Gasteiger partial charge in [-0.1, -0.05) is 42.5 Å². The van der Waals surface area contributed by atoms with Gasteiger partial charge in [-0.15, -0.1) is 0 Å². The highest BCUT2D eigenvalue weighted by atomic mass is 19.1. The van der Waals surface area contributed by atoms with Crippen LogP contribution in [-0.4, -0.2) is 5.91 Å². The van der Waals surface area contributed by atoms with Crippen LogP contribution >= 0.6 is 0 Å². The Labute approximate surface area is 152 Å². The van der Waals surface area contributed by atoms with E-state index in [1.807, 2.05) is 25.1 Å². The Balaban J connectivity index is 1.64. The molecule has 3 aromatic rings. The van der Waals surface area contributed by atoms with Crippen molar-refractivity contribution in [2.75, 3.05) is 0 Å². The maximum Gasteiger partial charge on any atom is 0.248 e. The summed E-state index contributed by atoms with van der Waals surface area (Å²) in [7, 11) is 0. The van der Waals surface area contributed by atoms with E-state index in [9.17, 15) is 9.18 Å². The van der Waals surface area contributed by atoms with E-state index in [1.54, 1.807) is 12.1 Å². The molecule has 0 aliphatic heterocycles. The molecule has 0 aromatic heterocycles. The van der Waals surface area contributed by atoms with Crippen molar-refractivity contribution in [2.45, 2.75) is 20.0 Å². The monoisotopic (exact) mass is 348 g/mol. The van der Waals surface area contributed by atoms with Crippen LogP contribution in [0.25, 0.3) is 11.1 Å². The van der Waals surface area contributed by atoms with Gasteiger partial charge < -0.3 is 11.1 Å². The predicted octanol–water partition coefficient (Wildman–Crippen LogP) is 4.19. The molecule has 4 heteroatoms. The number of halogens is 1. The van der Waals surface area contributed by atoms with Gasteiger partial charge in [-0.05, 0) is 59.0 Å². The molecule has 0 spiro atoms. The van der Waals surface area contributed by atoms with Gasteiger partial charge in [0.25, 0.3) is 0 Å². The molecule has 132 valence electrons. The quantitative estimate of drug-likeness (QED) is 0.702. The molecule has 0 atom stereocenters. The molecule has 3 aromatic carbocycles. The van der Waals surface area contributed by atoms with Crippen LogP contribution < -0.4 is 11.1 Å². The standard InChI is InChI=1S/C22H21FN2O/c1-15-11-19(22(24)26)9-10-21(15)18-7-5-16(6-8-18)13-25-14-17-3-2-4-20(23)12-17/h2-12,25H,13-14H2,1H3,(H2,24,26). The van der Waals surface area contributed by atoms with E-state index < -0.39 is 5.91 Å². The second-order valence-electron chi connectivity index (χ2n) is 6.32. The Morgan fingerprint density at radius 3 is 2.35 bits per heavy atom. The van der Waals surface area contributed by atoms with Crippen molar-refractivity contribution >= 4 is 5.91 Å². The van der Waals surface area contributed by atoms with E-state index in [0.717, 1.165) is 27.8 Å². The van der Waals surface area contributed by atoms with E-state index in [0.29, 0.717) is 18.7 Å². The van der Waals surface area contributed by atoms with E-state index in [2.05, 4.69) is 29.6 Å². The first-order valence-corrected chi connectivity index (χ1v) is 8.48. The van der Waals surface area contributed by atoms with Crippen LogP contribution in [0.3, 0.4) is 0 Å². The minimum Gasteiger partial charge on any atom is -0.366 e. The zero-order valence-electron chi connectivity index (χ0n) is 14.6. The Morgan fingerprint density at radius 1 is 0.962 bits per heavy atom. The highest BCUT2D eigenvalue weighted by Gasteiger charge is 2.06. The number of benzene rings is 3. The summed E-state index contributed by atoms with van der Waals surface area (Å²) < 4.78 is 13.2. The number of hydrogen-bond acceptors (Lipinski definition) is 2. The van der Waals surface area contributed by atoms with E-state index in [-0.39, 0.29) is 5.82 Å². The van der Waals surface area contributed by atoms with Gasteiger partial charge in [-0.3, -0.25) is 4.79 Å². The molecule has 0 radical (unpaired) electrons. The van der Waals surface area contributed by atoms with E-state index in [4.69, 9.17) is 5.73 Å². The molecule has 3 N–H and O–H groups in total. The largest absolute Gasteiger partial charge is 0.366 e. The molecule has 3 rings (SSSR count). The normalized spacial score (nSPS) is 10.7. The van der Waals surface area contributed by atoms with Crippen molar-refractivity contribution in [1.29, 1.82) is 0 Å². The average Bonchev–Trinajstić information content (AvgIpc) is 2.62. The molecule has 0 aliphatic carbocycles. The second kappa shape index (κ2) is 7.93. The topological polar surface area (TPSA) is 55.1 Å². The van der Waals surface area contributed by atoms with Crippen LogP contribution in [0.2, 0.25) is 0 Å². The second-order valence-corrected chi connectivity index (χ2v) is 6.32. The number of rotatable bonds is 6. The number of primary amides is 1. The molecule has 0 heterocycles. The summed E-state index contributed by atoms with van der Waals surface area (Å²) >= 11 is 0. The number of carbonyl (C=O) groups excluding carboxylic acids is 1. The van der Waals surface area contributed by atoms with E-state index in [1.165, 1.54) is 12.1 Å². The fraction of sp³-hybridized carbons (Fsp3) is 0.136. The van der Waals surface area contributed by atoms with Crippen LogP contribution in [0.5, 0.6) is 0 Å². The number of carbonyl (C=O) groups is 1. The molecule has 26 heavy (non-hydrogen) atoms. The van der Waals surface area contributed by atoms with Gasteiger partial charge in [0, 0.05) is 18.7 Å². The summed E-state index contributed by atoms with van der Waals surface area (Å²) in [6.45, 7) is 3.29. The Bertz CT molecular complexity index is 920. The summed E-state index contributed by atoms with van der Waals surface area (Å²) in [6.07, 6.45) is 0. The smallest absolute Gasteiger partial charge is 0.248 e. The van der Waals surface area contributed by atoms with Crippen molar-refractivity contribution < 1.29 is 9.18 Å². The lowest BCUT2D eigenvalue weighted by molar-refractivity contribution is 0.1000. The van der Waals surface area contributed by atoms with E-state index >= 15 is 0 Å². The van der Waals surface area contributed by atoms with Gasteiger partial charge in [0.1, 0.15) is 5.82 Å². The zero-order valence-corrected chi connectivity index (χ0v) is 14.6.